The van der Waals surface area contributed by atoms with Crippen molar-refractivity contribution < 1.29 is 13.2 Å². The van der Waals surface area contributed by atoms with E-state index >= 15 is 0 Å². The van der Waals surface area contributed by atoms with Gasteiger partial charge in [-0.15, -0.1) is 0 Å². The fraction of sp³-hybridized carbons (Fsp3) is 0.333. The van der Waals surface area contributed by atoms with E-state index in [0.29, 0.717) is 30.8 Å². The first kappa shape index (κ1) is 17.4. The second-order valence-electron chi connectivity index (χ2n) is 5.82. The molecule has 1 unspecified atom stereocenters. The van der Waals surface area contributed by atoms with Crippen molar-refractivity contribution in [2.24, 2.45) is 0 Å². The molecule has 3 rings (SSSR count). The van der Waals surface area contributed by atoms with Crippen LogP contribution in [0.15, 0.2) is 42.7 Å². The van der Waals surface area contributed by atoms with E-state index in [1.165, 1.54) is 4.31 Å². The van der Waals surface area contributed by atoms with E-state index in [2.05, 4.69) is 11.1 Å². The maximum Gasteiger partial charge on any atom is 0.213 e. The van der Waals surface area contributed by atoms with Crippen molar-refractivity contribution in [2.45, 2.75) is 19.4 Å². The van der Waals surface area contributed by atoms with Crippen LogP contribution < -0.4 is 4.74 Å². The number of rotatable bonds is 5. The summed E-state index contributed by atoms with van der Waals surface area (Å²) >= 11 is 0. The first-order valence-corrected chi connectivity index (χ1v) is 9.74. The van der Waals surface area contributed by atoms with Crippen LogP contribution in [0.4, 0.5) is 0 Å². The van der Waals surface area contributed by atoms with Crippen molar-refractivity contribution in [3.63, 3.8) is 0 Å². The Hall–Kier alpha value is -2.43. The molecule has 1 aromatic heterocycles. The molecule has 1 aliphatic rings. The third-order valence-electron chi connectivity index (χ3n) is 4.28. The number of nitrogens with zero attached hydrogens (tertiary/aromatic N) is 3. The van der Waals surface area contributed by atoms with E-state index in [1.807, 2.05) is 24.3 Å². The van der Waals surface area contributed by atoms with Gasteiger partial charge >= 0.3 is 0 Å². The van der Waals surface area contributed by atoms with Crippen molar-refractivity contribution in [1.29, 1.82) is 5.26 Å². The molecule has 7 heteroatoms. The Balaban J connectivity index is 1.90. The number of hydrogen-bond acceptors (Lipinski definition) is 5. The van der Waals surface area contributed by atoms with Gasteiger partial charge in [0.25, 0.3) is 0 Å². The predicted octanol–water partition coefficient (Wildman–Crippen LogP) is 2.42. The molecule has 25 heavy (non-hydrogen) atoms. The molecule has 1 saturated heterocycles. The van der Waals surface area contributed by atoms with Crippen molar-refractivity contribution in [3.05, 3.63) is 48.3 Å². The average molecular weight is 357 g/mol. The lowest BCUT2D eigenvalue weighted by molar-refractivity contribution is 0.216. The molecule has 0 amide bonds. The number of pyridine rings is 1. The lowest BCUT2D eigenvalue weighted by Crippen LogP contribution is -2.32. The minimum absolute atomic E-state index is 0.0801. The molecule has 0 saturated carbocycles. The second kappa shape index (κ2) is 7.21. The summed E-state index contributed by atoms with van der Waals surface area (Å²) in [5, 5.41) is 9.43. The van der Waals surface area contributed by atoms with Gasteiger partial charge in [-0.2, -0.15) is 9.57 Å². The Bertz CT molecular complexity index is 892. The number of benzene rings is 1. The summed E-state index contributed by atoms with van der Waals surface area (Å²) in [6.45, 7) is 2.39. The minimum Gasteiger partial charge on any atom is -0.487 e. The van der Waals surface area contributed by atoms with Gasteiger partial charge in [-0.1, -0.05) is 12.1 Å². The lowest BCUT2D eigenvalue weighted by Gasteiger charge is -2.19. The Morgan fingerprint density at radius 1 is 1.32 bits per heavy atom. The normalized spacial score (nSPS) is 18.0. The number of hydrogen-bond donors (Lipinski definition) is 0. The first-order chi connectivity index (χ1) is 12.0. The largest absolute Gasteiger partial charge is 0.487 e. The Morgan fingerprint density at radius 3 is 2.76 bits per heavy atom. The van der Waals surface area contributed by atoms with Gasteiger partial charge < -0.3 is 4.74 Å². The van der Waals surface area contributed by atoms with Gasteiger partial charge in [0, 0.05) is 24.5 Å². The lowest BCUT2D eigenvalue weighted by atomic mass is 10.0. The smallest absolute Gasteiger partial charge is 0.213 e. The Morgan fingerprint density at radius 2 is 2.08 bits per heavy atom. The highest BCUT2D eigenvalue weighted by Gasteiger charge is 2.32. The summed E-state index contributed by atoms with van der Waals surface area (Å²) in [5.41, 5.74) is 2.14. The number of ether oxygens (including phenoxy) is 1. The van der Waals surface area contributed by atoms with Crippen LogP contribution in [0.1, 0.15) is 18.9 Å². The molecule has 1 atom stereocenters. The fourth-order valence-corrected chi connectivity index (χ4v) is 4.05. The van der Waals surface area contributed by atoms with Crippen molar-refractivity contribution in [3.8, 4) is 22.9 Å². The zero-order valence-corrected chi connectivity index (χ0v) is 14.7. The fourth-order valence-electron chi connectivity index (χ4n) is 2.91. The van der Waals surface area contributed by atoms with E-state index in [1.54, 1.807) is 25.4 Å². The highest BCUT2D eigenvalue weighted by Crippen LogP contribution is 2.34. The van der Waals surface area contributed by atoms with Gasteiger partial charge in [0.2, 0.25) is 10.0 Å². The Labute approximate surface area is 147 Å². The molecular weight excluding hydrogens is 338 g/mol. The molecule has 0 radical (unpaired) electrons. The summed E-state index contributed by atoms with van der Waals surface area (Å²) in [6.07, 6.45) is 3.71. The van der Waals surface area contributed by atoms with Crippen LogP contribution in [0, 0.1) is 11.3 Å². The summed E-state index contributed by atoms with van der Waals surface area (Å²) in [5.74, 6) is 0.577. The van der Waals surface area contributed by atoms with E-state index < -0.39 is 10.0 Å². The van der Waals surface area contributed by atoms with Gasteiger partial charge in [0.1, 0.15) is 17.9 Å². The van der Waals surface area contributed by atoms with Gasteiger partial charge in [-0.05, 0) is 37.1 Å². The molecule has 1 fully saturated rings. The van der Waals surface area contributed by atoms with Crippen LogP contribution in [0.3, 0.4) is 0 Å². The predicted molar refractivity (Wildman–Crippen MR) is 94.5 cm³/mol. The van der Waals surface area contributed by atoms with Gasteiger partial charge in [0.15, 0.2) is 0 Å². The molecule has 0 N–H and O–H groups in total. The molecule has 0 aliphatic carbocycles. The van der Waals surface area contributed by atoms with E-state index in [-0.39, 0.29) is 11.9 Å². The zero-order chi connectivity index (χ0) is 17.9. The monoisotopic (exact) mass is 357 g/mol. The molecule has 6 nitrogen and oxygen atoms in total. The van der Waals surface area contributed by atoms with Crippen LogP contribution in [0.5, 0.6) is 5.75 Å². The average Bonchev–Trinajstić information content (AvgIpc) is 3.12. The molecule has 2 aromatic rings. The molecule has 0 spiro atoms. The van der Waals surface area contributed by atoms with E-state index in [4.69, 9.17) is 4.74 Å². The van der Waals surface area contributed by atoms with Crippen LogP contribution in [0.25, 0.3) is 11.1 Å². The van der Waals surface area contributed by atoms with Crippen LogP contribution in [-0.2, 0) is 10.0 Å². The molecular formula is C18H19N3O3S. The van der Waals surface area contributed by atoms with Crippen molar-refractivity contribution >= 4 is 10.0 Å². The second-order valence-corrected chi connectivity index (χ2v) is 8.07. The summed E-state index contributed by atoms with van der Waals surface area (Å²) < 4.78 is 31.6. The third kappa shape index (κ3) is 3.65. The summed E-state index contributed by atoms with van der Waals surface area (Å²) in [6, 6.07) is 11.3. The Kier molecular flexibility index (Phi) is 5.02. The number of para-hydroxylation sites is 1. The molecule has 1 aromatic carbocycles. The number of sulfonamides is 1. The first-order valence-electron chi connectivity index (χ1n) is 8.13. The quantitative estimate of drug-likeness (QED) is 0.821. The SMILES string of the molecule is CCS(=O)(=O)N1CCC(Oc2c(C#N)cccc2-c2ccncc2)C1. The van der Waals surface area contributed by atoms with Crippen LogP contribution >= 0.6 is 0 Å². The third-order valence-corrected chi connectivity index (χ3v) is 6.13. The van der Waals surface area contributed by atoms with Crippen LogP contribution in [-0.4, -0.2) is 42.7 Å². The standard InChI is InChI=1S/C18H19N3O3S/c1-2-25(22,23)21-11-8-16(13-21)24-18-15(12-19)4-3-5-17(18)14-6-9-20-10-7-14/h3-7,9-10,16H,2,8,11,13H2,1H3. The van der Waals surface area contributed by atoms with Crippen LogP contribution in [0.2, 0.25) is 0 Å². The van der Waals surface area contributed by atoms with E-state index in [9.17, 15) is 13.7 Å². The van der Waals surface area contributed by atoms with Crippen molar-refractivity contribution in [1.82, 2.24) is 9.29 Å². The minimum atomic E-state index is -3.22. The number of aromatic nitrogens is 1. The zero-order valence-electron chi connectivity index (χ0n) is 13.9. The molecule has 2 heterocycles. The van der Waals surface area contributed by atoms with Crippen molar-refractivity contribution in [2.75, 3.05) is 18.8 Å². The molecule has 0 bridgehead atoms. The maximum absolute atomic E-state index is 12.0. The summed E-state index contributed by atoms with van der Waals surface area (Å²) in [4.78, 5) is 4.01. The van der Waals surface area contributed by atoms with E-state index in [0.717, 1.165) is 11.1 Å². The van der Waals surface area contributed by atoms with Gasteiger partial charge in [-0.3, -0.25) is 4.98 Å². The van der Waals surface area contributed by atoms with Gasteiger partial charge in [-0.25, -0.2) is 8.42 Å². The number of nitriles is 1. The highest BCUT2D eigenvalue weighted by molar-refractivity contribution is 7.89. The molecule has 130 valence electrons. The topological polar surface area (TPSA) is 83.3 Å². The highest BCUT2D eigenvalue weighted by atomic mass is 32.2. The summed E-state index contributed by atoms with van der Waals surface area (Å²) in [7, 11) is -3.22. The van der Waals surface area contributed by atoms with Gasteiger partial charge in [0.05, 0.1) is 17.9 Å². The maximum atomic E-state index is 12.0. The molecule has 1 aliphatic heterocycles.